The lowest BCUT2D eigenvalue weighted by molar-refractivity contribution is 0.180. The van der Waals surface area contributed by atoms with E-state index in [0.29, 0.717) is 23.7 Å². The second-order valence-corrected chi connectivity index (χ2v) is 11.0. The molecule has 1 saturated heterocycles. The number of aryl methyl sites for hydroxylation is 1. The second-order valence-electron chi connectivity index (χ2n) is 7.98. The number of halogens is 1. The fraction of sp³-hybridized carbons (Fsp3) is 0.647. The van der Waals surface area contributed by atoms with Crippen molar-refractivity contribution in [3.05, 3.63) is 17.2 Å². The van der Waals surface area contributed by atoms with Crippen LogP contribution in [-0.2, 0) is 20.0 Å². The summed E-state index contributed by atoms with van der Waals surface area (Å²) in [6.07, 6.45) is 2.11. The molecule has 0 aromatic heterocycles. The van der Waals surface area contributed by atoms with E-state index in [0.717, 1.165) is 25.9 Å². The molecule has 0 bridgehead atoms. The van der Waals surface area contributed by atoms with Crippen molar-refractivity contribution in [2.75, 3.05) is 25.0 Å². The molecule has 1 heterocycles. The number of rotatable bonds is 6. The molecular weight excluding hydrogens is 424 g/mol. The van der Waals surface area contributed by atoms with Crippen LogP contribution in [0.15, 0.2) is 15.9 Å². The molecule has 0 spiro atoms. The molecule has 1 aromatic carbocycles. The second kappa shape index (κ2) is 8.85. The maximum atomic E-state index is 12.2. The molecule has 0 aliphatic carbocycles. The number of anilines is 1. The highest BCUT2D eigenvalue weighted by Crippen LogP contribution is 2.36. The Morgan fingerprint density at radius 3 is 2.11 bits per heavy atom. The van der Waals surface area contributed by atoms with E-state index in [9.17, 15) is 16.8 Å². The summed E-state index contributed by atoms with van der Waals surface area (Å²) in [6.45, 7) is 9.82. The van der Waals surface area contributed by atoms with Crippen LogP contribution in [0, 0.1) is 25.2 Å². The molecule has 11 heteroatoms. The average molecular weight is 455 g/mol. The monoisotopic (exact) mass is 454 g/mol. The van der Waals surface area contributed by atoms with Crippen LogP contribution in [0.5, 0.6) is 0 Å². The van der Waals surface area contributed by atoms with Crippen molar-refractivity contribution < 1.29 is 16.8 Å². The van der Waals surface area contributed by atoms with Gasteiger partial charge in [0.25, 0.3) is 0 Å². The molecule has 6 N–H and O–H groups in total. The van der Waals surface area contributed by atoms with Crippen LogP contribution < -0.4 is 20.9 Å². The van der Waals surface area contributed by atoms with Gasteiger partial charge in [-0.3, -0.25) is 0 Å². The number of nitrogens with one attached hydrogen (secondary N) is 2. The van der Waals surface area contributed by atoms with E-state index in [-0.39, 0.29) is 33.2 Å². The fourth-order valence-electron chi connectivity index (χ4n) is 3.79. The first-order valence-corrected chi connectivity index (χ1v) is 12.0. The number of hydrogen-bond acceptors (Lipinski definition) is 6. The van der Waals surface area contributed by atoms with Gasteiger partial charge in [0.05, 0.1) is 10.6 Å². The van der Waals surface area contributed by atoms with Crippen LogP contribution in [0.1, 0.15) is 37.8 Å². The molecule has 28 heavy (non-hydrogen) atoms. The van der Waals surface area contributed by atoms with Crippen LogP contribution in [0.3, 0.4) is 0 Å². The topological polar surface area (TPSA) is 144 Å². The maximum absolute atomic E-state index is 12.2. The van der Waals surface area contributed by atoms with Crippen LogP contribution >= 0.6 is 12.4 Å². The Hall–Kier alpha value is -0.910. The summed E-state index contributed by atoms with van der Waals surface area (Å²) in [6, 6.07) is 1.39. The lowest BCUT2D eigenvalue weighted by Gasteiger charge is -2.38. The van der Waals surface area contributed by atoms with Crippen molar-refractivity contribution in [3.63, 3.8) is 0 Å². The normalized spacial score (nSPS) is 16.5. The Morgan fingerprint density at radius 1 is 1.11 bits per heavy atom. The molecule has 1 aliphatic rings. The quantitative estimate of drug-likeness (QED) is 0.512. The maximum Gasteiger partial charge on any atom is 0.240 e. The van der Waals surface area contributed by atoms with Crippen LogP contribution in [-0.4, -0.2) is 36.5 Å². The van der Waals surface area contributed by atoms with Crippen molar-refractivity contribution in [2.45, 2.75) is 50.3 Å². The number of benzene rings is 1. The van der Waals surface area contributed by atoms with Gasteiger partial charge in [0.15, 0.2) is 0 Å². The van der Waals surface area contributed by atoms with Gasteiger partial charge in [-0.05, 0) is 68.3 Å². The van der Waals surface area contributed by atoms with Crippen molar-refractivity contribution >= 4 is 38.1 Å². The van der Waals surface area contributed by atoms with Crippen LogP contribution in [0.25, 0.3) is 0 Å². The number of primary sulfonamides is 2. The standard InChI is InChI=1S/C17H30N4O4S2.ClH/c1-11-9-14(26(18,22)23)12(2)16(27(19,24)25)15(11)21-10-17(3,4)13-5-7-20-8-6-13;/h9,13,20-21H,5-8,10H2,1-4H3,(H2,18,22,23)(H2,19,24,25);1H. The minimum atomic E-state index is -4.15. The summed E-state index contributed by atoms with van der Waals surface area (Å²) < 4.78 is 48.1. The predicted molar refractivity (Wildman–Crippen MR) is 114 cm³/mol. The molecule has 0 radical (unpaired) electrons. The highest BCUT2D eigenvalue weighted by Gasteiger charge is 2.32. The highest BCUT2D eigenvalue weighted by molar-refractivity contribution is 7.90. The summed E-state index contributed by atoms with van der Waals surface area (Å²) in [5, 5.41) is 17.2. The molecule has 0 amide bonds. The van der Waals surface area contributed by atoms with E-state index in [1.807, 2.05) is 0 Å². The van der Waals surface area contributed by atoms with E-state index in [2.05, 4.69) is 24.5 Å². The van der Waals surface area contributed by atoms with Crippen molar-refractivity contribution in [3.8, 4) is 0 Å². The molecule has 8 nitrogen and oxygen atoms in total. The van der Waals surface area contributed by atoms with Gasteiger partial charge in [-0.1, -0.05) is 13.8 Å². The zero-order valence-electron chi connectivity index (χ0n) is 16.7. The van der Waals surface area contributed by atoms with Gasteiger partial charge >= 0.3 is 0 Å². The first-order chi connectivity index (χ1) is 12.2. The zero-order valence-corrected chi connectivity index (χ0v) is 19.2. The Kier molecular flexibility index (Phi) is 7.94. The molecule has 0 unspecified atom stereocenters. The van der Waals surface area contributed by atoms with Gasteiger partial charge in [-0.2, -0.15) is 0 Å². The number of nitrogens with two attached hydrogens (primary N) is 2. The van der Waals surface area contributed by atoms with Gasteiger partial charge in [-0.25, -0.2) is 27.1 Å². The Labute approximate surface area is 174 Å². The Bertz CT molecular complexity index is 925. The third kappa shape index (κ3) is 5.58. The smallest absolute Gasteiger partial charge is 0.240 e. The van der Waals surface area contributed by atoms with Crippen LogP contribution in [0.4, 0.5) is 5.69 Å². The van der Waals surface area contributed by atoms with Crippen molar-refractivity contribution in [1.29, 1.82) is 0 Å². The molecule has 1 aromatic rings. The average Bonchev–Trinajstić information content (AvgIpc) is 2.53. The molecule has 162 valence electrons. The third-order valence-corrected chi connectivity index (χ3v) is 7.55. The Balaban J connectivity index is 0.00000392. The van der Waals surface area contributed by atoms with E-state index in [1.165, 1.54) is 13.0 Å². The summed E-state index contributed by atoms with van der Waals surface area (Å²) in [4.78, 5) is -0.445. The van der Waals surface area contributed by atoms with Gasteiger partial charge in [0.2, 0.25) is 20.0 Å². The molecule has 0 atom stereocenters. The molecular formula is C17H31ClN4O4S2. The highest BCUT2D eigenvalue weighted by atomic mass is 35.5. The fourth-order valence-corrected chi connectivity index (χ4v) is 5.78. The summed E-state index contributed by atoms with van der Waals surface area (Å²) in [7, 11) is -8.23. The Morgan fingerprint density at radius 2 is 1.64 bits per heavy atom. The predicted octanol–water partition coefficient (Wildman–Crippen LogP) is 1.46. The minimum absolute atomic E-state index is 0. The van der Waals surface area contributed by atoms with Gasteiger partial charge < -0.3 is 10.6 Å². The van der Waals surface area contributed by atoms with Crippen molar-refractivity contribution in [1.82, 2.24) is 5.32 Å². The summed E-state index contributed by atoms with van der Waals surface area (Å²) in [5.41, 5.74) is 0.767. The summed E-state index contributed by atoms with van der Waals surface area (Å²) in [5.74, 6) is 0.495. The van der Waals surface area contributed by atoms with E-state index < -0.39 is 20.0 Å². The number of sulfonamides is 2. The number of hydrogen-bond donors (Lipinski definition) is 4. The SMILES string of the molecule is Cc1cc(S(N)(=O)=O)c(C)c(S(N)(=O)=O)c1NCC(C)(C)C1CCNCC1.Cl. The van der Waals surface area contributed by atoms with E-state index >= 15 is 0 Å². The number of piperidine rings is 1. The molecule has 2 rings (SSSR count). The van der Waals surface area contributed by atoms with Crippen molar-refractivity contribution in [2.24, 2.45) is 21.6 Å². The molecule has 0 saturated carbocycles. The lowest BCUT2D eigenvalue weighted by atomic mass is 9.74. The first-order valence-electron chi connectivity index (χ1n) is 8.89. The van der Waals surface area contributed by atoms with Gasteiger partial charge in [0, 0.05) is 6.54 Å². The largest absolute Gasteiger partial charge is 0.383 e. The molecule has 1 fully saturated rings. The van der Waals surface area contributed by atoms with Gasteiger partial charge in [-0.15, -0.1) is 12.4 Å². The van der Waals surface area contributed by atoms with E-state index in [4.69, 9.17) is 10.3 Å². The lowest BCUT2D eigenvalue weighted by Crippen LogP contribution is -2.39. The zero-order chi connectivity index (χ0) is 20.6. The summed E-state index contributed by atoms with van der Waals surface area (Å²) >= 11 is 0. The minimum Gasteiger partial charge on any atom is -0.383 e. The molecule has 1 aliphatic heterocycles. The van der Waals surface area contributed by atoms with Crippen LogP contribution in [0.2, 0.25) is 0 Å². The van der Waals surface area contributed by atoms with E-state index in [1.54, 1.807) is 6.92 Å². The van der Waals surface area contributed by atoms with Gasteiger partial charge in [0.1, 0.15) is 4.90 Å². The first kappa shape index (κ1) is 25.1. The third-order valence-electron chi connectivity index (χ3n) is 5.44.